The monoisotopic (exact) mass is 305 g/mol. The van der Waals surface area contributed by atoms with Crippen LogP contribution in [0.4, 0.5) is 23.7 Å². The largest absolute Gasteiger partial charge is 0.573 e. The third kappa shape index (κ3) is 6.50. The molecule has 116 valence electrons. The van der Waals surface area contributed by atoms with E-state index in [1.165, 1.54) is 18.2 Å². The summed E-state index contributed by atoms with van der Waals surface area (Å²) in [5.74, 6) is -0.953. The number of carbonyl (C=O) groups is 2. The maximum absolute atomic E-state index is 12.2. The number of anilines is 1. The molecule has 0 fully saturated rings. The summed E-state index contributed by atoms with van der Waals surface area (Å²) >= 11 is 0. The Morgan fingerprint density at radius 2 is 1.86 bits per heavy atom. The van der Waals surface area contributed by atoms with Gasteiger partial charge in [-0.1, -0.05) is 12.1 Å². The van der Waals surface area contributed by atoms with Gasteiger partial charge in [0.2, 0.25) is 5.91 Å². The van der Waals surface area contributed by atoms with Gasteiger partial charge >= 0.3 is 12.4 Å². The van der Waals surface area contributed by atoms with E-state index in [4.69, 9.17) is 0 Å². The molecule has 0 saturated heterocycles. The molecule has 1 rings (SSSR count). The number of hydrogen-bond donors (Lipinski definition) is 3. The standard InChI is InChI=1S/C12H14F3N3O3/c1-2-16-10(19)7-17-11(20)18-8-5-3-4-6-9(8)21-12(13,14)15/h3-6H,2,7H2,1H3,(H,16,19)(H2,17,18,20). The zero-order valence-electron chi connectivity index (χ0n) is 11.1. The zero-order valence-corrected chi connectivity index (χ0v) is 11.1. The van der Waals surface area contributed by atoms with E-state index in [1.54, 1.807) is 6.92 Å². The second-order valence-corrected chi connectivity index (χ2v) is 3.81. The molecule has 0 aliphatic heterocycles. The Hall–Kier alpha value is -2.45. The van der Waals surface area contributed by atoms with Crippen LogP contribution in [0, 0.1) is 0 Å². The fraction of sp³-hybridized carbons (Fsp3) is 0.333. The van der Waals surface area contributed by atoms with Crippen molar-refractivity contribution in [3.63, 3.8) is 0 Å². The van der Waals surface area contributed by atoms with E-state index in [-0.39, 0.29) is 12.2 Å². The van der Waals surface area contributed by atoms with Crippen LogP contribution in [-0.4, -0.2) is 31.4 Å². The predicted octanol–water partition coefficient (Wildman–Crippen LogP) is 1.84. The van der Waals surface area contributed by atoms with Gasteiger partial charge in [0.25, 0.3) is 0 Å². The maximum atomic E-state index is 12.2. The molecule has 0 aliphatic carbocycles. The smallest absolute Gasteiger partial charge is 0.404 e. The Balaban J connectivity index is 2.62. The molecule has 0 aliphatic rings. The van der Waals surface area contributed by atoms with Crippen molar-refractivity contribution in [3.05, 3.63) is 24.3 Å². The summed E-state index contributed by atoms with van der Waals surface area (Å²) in [6.45, 7) is 1.83. The molecule has 1 aromatic rings. The molecule has 0 unspecified atom stereocenters. The van der Waals surface area contributed by atoms with Crippen LogP contribution in [-0.2, 0) is 4.79 Å². The van der Waals surface area contributed by atoms with E-state index >= 15 is 0 Å². The highest BCUT2D eigenvalue weighted by Crippen LogP contribution is 2.29. The van der Waals surface area contributed by atoms with Gasteiger partial charge in [-0.25, -0.2) is 4.79 Å². The van der Waals surface area contributed by atoms with Gasteiger partial charge in [0.05, 0.1) is 12.2 Å². The normalized spacial score (nSPS) is 10.7. The summed E-state index contributed by atoms with van der Waals surface area (Å²) in [6.07, 6.45) is -4.87. The van der Waals surface area contributed by atoms with E-state index in [0.29, 0.717) is 6.54 Å². The summed E-state index contributed by atoms with van der Waals surface area (Å²) in [5.41, 5.74) is -0.164. The van der Waals surface area contributed by atoms with Crippen molar-refractivity contribution in [1.82, 2.24) is 10.6 Å². The lowest BCUT2D eigenvalue weighted by Crippen LogP contribution is -2.38. The molecule has 0 spiro atoms. The second-order valence-electron chi connectivity index (χ2n) is 3.81. The first-order valence-corrected chi connectivity index (χ1v) is 5.98. The molecule has 0 bridgehead atoms. The van der Waals surface area contributed by atoms with Gasteiger partial charge in [0, 0.05) is 6.54 Å². The van der Waals surface area contributed by atoms with Crippen molar-refractivity contribution in [2.45, 2.75) is 13.3 Å². The number of amides is 3. The summed E-state index contributed by atoms with van der Waals surface area (Å²) in [6, 6.07) is 4.25. The van der Waals surface area contributed by atoms with Gasteiger partial charge in [0.15, 0.2) is 5.75 Å². The van der Waals surface area contributed by atoms with Crippen molar-refractivity contribution >= 4 is 17.6 Å². The second kappa shape index (κ2) is 7.36. The molecule has 0 saturated carbocycles. The number of urea groups is 1. The van der Waals surface area contributed by atoms with Crippen LogP contribution < -0.4 is 20.7 Å². The third-order valence-corrected chi connectivity index (χ3v) is 2.14. The van der Waals surface area contributed by atoms with Gasteiger partial charge in [-0.2, -0.15) is 0 Å². The minimum absolute atomic E-state index is 0.164. The molecule has 0 aromatic heterocycles. The Morgan fingerprint density at radius 1 is 1.19 bits per heavy atom. The average Bonchev–Trinajstić information content (AvgIpc) is 2.37. The zero-order chi connectivity index (χ0) is 15.9. The topological polar surface area (TPSA) is 79.5 Å². The van der Waals surface area contributed by atoms with Crippen LogP contribution in [0.3, 0.4) is 0 Å². The molecular formula is C12H14F3N3O3. The fourth-order valence-corrected chi connectivity index (χ4v) is 1.37. The van der Waals surface area contributed by atoms with Gasteiger partial charge in [-0.15, -0.1) is 13.2 Å². The first-order valence-electron chi connectivity index (χ1n) is 5.98. The number of rotatable bonds is 5. The first-order chi connectivity index (χ1) is 9.81. The Morgan fingerprint density at radius 3 is 2.48 bits per heavy atom. The van der Waals surface area contributed by atoms with Gasteiger partial charge in [-0.05, 0) is 19.1 Å². The van der Waals surface area contributed by atoms with Crippen molar-refractivity contribution in [2.24, 2.45) is 0 Å². The van der Waals surface area contributed by atoms with Crippen molar-refractivity contribution < 1.29 is 27.5 Å². The quantitative estimate of drug-likeness (QED) is 0.776. The van der Waals surface area contributed by atoms with Crippen LogP contribution in [0.1, 0.15) is 6.92 Å². The number of alkyl halides is 3. The molecular weight excluding hydrogens is 291 g/mol. The number of nitrogens with one attached hydrogen (secondary N) is 3. The summed E-state index contributed by atoms with van der Waals surface area (Å²) in [5, 5.41) is 6.83. The number of para-hydroxylation sites is 2. The highest BCUT2D eigenvalue weighted by Gasteiger charge is 2.32. The van der Waals surface area contributed by atoms with E-state index in [2.05, 4.69) is 20.7 Å². The molecule has 0 atom stereocenters. The van der Waals surface area contributed by atoms with Crippen molar-refractivity contribution in [2.75, 3.05) is 18.4 Å². The van der Waals surface area contributed by atoms with Crippen LogP contribution in [0.2, 0.25) is 0 Å². The number of halogens is 3. The SMILES string of the molecule is CCNC(=O)CNC(=O)Nc1ccccc1OC(F)(F)F. The third-order valence-electron chi connectivity index (χ3n) is 2.14. The number of hydrogen-bond acceptors (Lipinski definition) is 3. The lowest BCUT2D eigenvalue weighted by molar-refractivity contribution is -0.274. The Kier molecular flexibility index (Phi) is 5.82. The van der Waals surface area contributed by atoms with Gasteiger partial charge in [0.1, 0.15) is 0 Å². The van der Waals surface area contributed by atoms with Crippen LogP contribution >= 0.6 is 0 Å². The number of benzene rings is 1. The lowest BCUT2D eigenvalue weighted by Gasteiger charge is -2.14. The molecule has 3 N–H and O–H groups in total. The molecule has 3 amide bonds. The molecule has 9 heteroatoms. The van der Waals surface area contributed by atoms with Gasteiger partial charge in [-0.3, -0.25) is 4.79 Å². The molecule has 21 heavy (non-hydrogen) atoms. The molecule has 0 radical (unpaired) electrons. The van der Waals surface area contributed by atoms with E-state index < -0.39 is 24.1 Å². The summed E-state index contributed by atoms with van der Waals surface area (Å²) < 4.78 is 40.4. The van der Waals surface area contributed by atoms with Crippen LogP contribution in [0.5, 0.6) is 5.75 Å². The Labute approximate surface area is 118 Å². The number of ether oxygens (including phenoxy) is 1. The van der Waals surface area contributed by atoms with E-state index in [9.17, 15) is 22.8 Å². The minimum atomic E-state index is -4.87. The Bertz CT molecular complexity index is 506. The first kappa shape index (κ1) is 16.6. The highest BCUT2D eigenvalue weighted by molar-refractivity contribution is 5.93. The highest BCUT2D eigenvalue weighted by atomic mass is 19.4. The molecule has 6 nitrogen and oxygen atoms in total. The van der Waals surface area contributed by atoms with E-state index in [1.807, 2.05) is 0 Å². The number of likely N-dealkylation sites (N-methyl/N-ethyl adjacent to an activating group) is 1. The van der Waals surface area contributed by atoms with Crippen LogP contribution in [0.15, 0.2) is 24.3 Å². The maximum Gasteiger partial charge on any atom is 0.573 e. The number of carbonyl (C=O) groups excluding carboxylic acids is 2. The average molecular weight is 305 g/mol. The van der Waals surface area contributed by atoms with Crippen LogP contribution in [0.25, 0.3) is 0 Å². The summed E-state index contributed by atoms with van der Waals surface area (Å²) in [4.78, 5) is 22.6. The summed E-state index contributed by atoms with van der Waals surface area (Å²) in [7, 11) is 0. The van der Waals surface area contributed by atoms with E-state index in [0.717, 1.165) is 6.07 Å². The molecule has 0 heterocycles. The minimum Gasteiger partial charge on any atom is -0.404 e. The predicted molar refractivity (Wildman–Crippen MR) is 68.8 cm³/mol. The lowest BCUT2D eigenvalue weighted by atomic mass is 10.3. The van der Waals surface area contributed by atoms with Crippen molar-refractivity contribution in [3.8, 4) is 5.75 Å². The molecule has 1 aromatic carbocycles. The van der Waals surface area contributed by atoms with Crippen molar-refractivity contribution in [1.29, 1.82) is 0 Å². The fourth-order valence-electron chi connectivity index (χ4n) is 1.37. The van der Waals surface area contributed by atoms with Gasteiger partial charge < -0.3 is 20.7 Å².